The van der Waals surface area contributed by atoms with Crippen molar-refractivity contribution in [3.63, 3.8) is 0 Å². The molecule has 2 atom stereocenters. The minimum atomic E-state index is -3.61. The Labute approximate surface area is 123 Å². The number of ether oxygens (including phenoxy) is 1. The van der Waals surface area contributed by atoms with Crippen molar-refractivity contribution in [3.8, 4) is 0 Å². The third kappa shape index (κ3) is 3.23. The van der Waals surface area contributed by atoms with E-state index in [4.69, 9.17) is 27.9 Å². The predicted molar refractivity (Wildman–Crippen MR) is 75.3 cm³/mol. The van der Waals surface area contributed by atoms with Gasteiger partial charge in [0, 0.05) is 19.0 Å². The molecule has 0 aliphatic carbocycles. The molecule has 0 amide bonds. The fourth-order valence-corrected chi connectivity index (χ4v) is 4.29. The van der Waals surface area contributed by atoms with Crippen molar-refractivity contribution >= 4 is 33.2 Å². The Morgan fingerprint density at radius 1 is 1.37 bits per heavy atom. The van der Waals surface area contributed by atoms with Crippen LogP contribution >= 0.6 is 23.2 Å². The molecular weight excluding hydrogens is 309 g/mol. The summed E-state index contributed by atoms with van der Waals surface area (Å²) in [4.78, 5) is 0.124. The van der Waals surface area contributed by atoms with Gasteiger partial charge in [-0.15, -0.1) is 11.6 Å². The normalized spacial score (nSPS) is 25.4. The predicted octanol–water partition coefficient (Wildman–Crippen LogP) is 2.36. The number of halogens is 2. The highest BCUT2D eigenvalue weighted by Gasteiger charge is 2.34. The minimum absolute atomic E-state index is 0.124. The van der Waals surface area contributed by atoms with Crippen molar-refractivity contribution in [1.82, 2.24) is 4.31 Å². The van der Waals surface area contributed by atoms with Crippen LogP contribution in [-0.2, 0) is 14.8 Å². The van der Waals surface area contributed by atoms with Crippen molar-refractivity contribution in [2.24, 2.45) is 0 Å². The molecular formula is C12H15Cl2NO3S. The molecule has 1 aromatic rings. The molecule has 1 aromatic carbocycles. The van der Waals surface area contributed by atoms with Gasteiger partial charge >= 0.3 is 0 Å². The number of morpholine rings is 1. The molecule has 1 saturated heterocycles. The first-order valence-electron chi connectivity index (χ1n) is 5.91. The molecule has 2 rings (SSSR count). The van der Waals surface area contributed by atoms with E-state index >= 15 is 0 Å². The van der Waals surface area contributed by atoms with Gasteiger partial charge in [0.1, 0.15) is 4.90 Å². The molecule has 1 fully saturated rings. The molecule has 19 heavy (non-hydrogen) atoms. The maximum Gasteiger partial charge on any atom is 0.244 e. The second-order valence-corrected chi connectivity index (χ2v) is 7.10. The Balaban J connectivity index is 2.32. The summed E-state index contributed by atoms with van der Waals surface area (Å²) in [5.41, 5.74) is 0. The smallest absolute Gasteiger partial charge is 0.244 e. The molecule has 0 radical (unpaired) electrons. The number of rotatable bonds is 3. The summed E-state index contributed by atoms with van der Waals surface area (Å²) in [7, 11) is -3.61. The van der Waals surface area contributed by atoms with Crippen molar-refractivity contribution in [2.45, 2.75) is 24.0 Å². The number of hydrogen-bond donors (Lipinski definition) is 0. The van der Waals surface area contributed by atoms with E-state index in [9.17, 15) is 8.42 Å². The topological polar surface area (TPSA) is 46.6 Å². The number of benzene rings is 1. The first-order valence-corrected chi connectivity index (χ1v) is 8.26. The molecule has 0 aromatic heterocycles. The summed E-state index contributed by atoms with van der Waals surface area (Å²) >= 11 is 11.7. The van der Waals surface area contributed by atoms with Crippen LogP contribution in [0.1, 0.15) is 6.92 Å². The van der Waals surface area contributed by atoms with E-state index in [1.165, 1.54) is 10.4 Å². The number of sulfonamides is 1. The number of nitrogens with zero attached hydrogens (tertiary/aromatic N) is 1. The van der Waals surface area contributed by atoms with Gasteiger partial charge in [-0.2, -0.15) is 4.31 Å². The monoisotopic (exact) mass is 323 g/mol. The average Bonchev–Trinajstić information content (AvgIpc) is 2.38. The van der Waals surface area contributed by atoms with Crippen LogP contribution in [0.4, 0.5) is 0 Å². The van der Waals surface area contributed by atoms with Gasteiger partial charge < -0.3 is 4.74 Å². The molecule has 106 valence electrons. The first kappa shape index (κ1) is 15.1. The second kappa shape index (κ2) is 5.97. The van der Waals surface area contributed by atoms with E-state index in [-0.39, 0.29) is 34.6 Å². The summed E-state index contributed by atoms with van der Waals surface area (Å²) in [5.74, 6) is 0.263. The maximum atomic E-state index is 12.6. The van der Waals surface area contributed by atoms with Gasteiger partial charge in [-0.25, -0.2) is 8.42 Å². The molecule has 7 heteroatoms. The Hall–Kier alpha value is -0.330. The second-order valence-electron chi connectivity index (χ2n) is 4.48. The van der Waals surface area contributed by atoms with Crippen LogP contribution in [0.3, 0.4) is 0 Å². The van der Waals surface area contributed by atoms with E-state index in [2.05, 4.69) is 0 Å². The minimum Gasteiger partial charge on any atom is -0.371 e. The number of hydrogen-bond acceptors (Lipinski definition) is 3. The zero-order valence-electron chi connectivity index (χ0n) is 10.4. The van der Waals surface area contributed by atoms with E-state index in [0.29, 0.717) is 6.54 Å². The molecule has 1 aliphatic heterocycles. The highest BCUT2D eigenvalue weighted by Crippen LogP contribution is 2.26. The van der Waals surface area contributed by atoms with Gasteiger partial charge in [0.25, 0.3) is 0 Å². The fourth-order valence-electron chi connectivity index (χ4n) is 2.08. The quantitative estimate of drug-likeness (QED) is 0.802. The van der Waals surface area contributed by atoms with Gasteiger partial charge in [0.15, 0.2) is 0 Å². The third-order valence-corrected chi connectivity index (χ3v) is 5.59. The van der Waals surface area contributed by atoms with Gasteiger partial charge in [0.2, 0.25) is 10.0 Å². The summed E-state index contributed by atoms with van der Waals surface area (Å²) in [5, 5.41) is 0.226. The SMILES string of the molecule is CC1CN(S(=O)(=O)c2ccccc2Cl)CC(CCl)O1. The first-order chi connectivity index (χ1) is 8.95. The Morgan fingerprint density at radius 2 is 2.05 bits per heavy atom. The van der Waals surface area contributed by atoms with Crippen molar-refractivity contribution in [2.75, 3.05) is 19.0 Å². The average molecular weight is 324 g/mol. The van der Waals surface area contributed by atoms with Crippen molar-refractivity contribution < 1.29 is 13.2 Å². The standard InChI is InChI=1S/C12H15Cl2NO3S/c1-9-7-15(8-10(6-13)18-9)19(16,17)12-5-3-2-4-11(12)14/h2-5,9-10H,6-8H2,1H3. The van der Waals surface area contributed by atoms with Gasteiger partial charge in [-0.05, 0) is 19.1 Å². The molecule has 4 nitrogen and oxygen atoms in total. The third-order valence-electron chi connectivity index (χ3n) is 2.92. The summed E-state index contributed by atoms with van der Waals surface area (Å²) < 4.78 is 32.1. The molecule has 0 bridgehead atoms. The van der Waals surface area contributed by atoms with E-state index in [1.807, 2.05) is 6.92 Å². The largest absolute Gasteiger partial charge is 0.371 e. The van der Waals surface area contributed by atoms with Crippen molar-refractivity contribution in [3.05, 3.63) is 29.3 Å². The van der Waals surface area contributed by atoms with Crippen molar-refractivity contribution in [1.29, 1.82) is 0 Å². The highest BCUT2D eigenvalue weighted by atomic mass is 35.5. The van der Waals surface area contributed by atoms with Crippen LogP contribution in [0.15, 0.2) is 29.2 Å². The summed E-state index contributed by atoms with van der Waals surface area (Å²) in [6.07, 6.45) is -0.475. The molecule has 0 N–H and O–H groups in total. The van der Waals surface area contributed by atoms with Crippen LogP contribution in [0, 0.1) is 0 Å². The van der Waals surface area contributed by atoms with Gasteiger partial charge in [-0.3, -0.25) is 0 Å². The summed E-state index contributed by atoms with van der Waals surface area (Å²) in [6, 6.07) is 6.43. The van der Waals surface area contributed by atoms with E-state index in [1.54, 1.807) is 18.2 Å². The van der Waals surface area contributed by atoms with Crippen LogP contribution in [0.25, 0.3) is 0 Å². The summed E-state index contributed by atoms with van der Waals surface area (Å²) in [6.45, 7) is 2.39. The zero-order chi connectivity index (χ0) is 14.0. The lowest BCUT2D eigenvalue weighted by molar-refractivity contribution is -0.0423. The van der Waals surface area contributed by atoms with Crippen LogP contribution in [0.5, 0.6) is 0 Å². The molecule has 1 heterocycles. The Morgan fingerprint density at radius 3 is 2.68 bits per heavy atom. The molecule has 0 saturated carbocycles. The molecule has 0 spiro atoms. The Kier molecular flexibility index (Phi) is 4.74. The van der Waals surface area contributed by atoms with Gasteiger partial charge in [0.05, 0.1) is 17.2 Å². The lowest BCUT2D eigenvalue weighted by atomic mass is 10.3. The molecule has 2 unspecified atom stereocenters. The van der Waals surface area contributed by atoms with Crippen LogP contribution < -0.4 is 0 Å². The Bertz CT molecular complexity index is 550. The van der Waals surface area contributed by atoms with Crippen LogP contribution in [0.2, 0.25) is 5.02 Å². The lowest BCUT2D eigenvalue weighted by Gasteiger charge is -2.35. The van der Waals surface area contributed by atoms with E-state index in [0.717, 1.165) is 0 Å². The zero-order valence-corrected chi connectivity index (χ0v) is 12.7. The number of alkyl halides is 1. The van der Waals surface area contributed by atoms with E-state index < -0.39 is 10.0 Å². The highest BCUT2D eigenvalue weighted by molar-refractivity contribution is 7.89. The van der Waals surface area contributed by atoms with Gasteiger partial charge in [-0.1, -0.05) is 23.7 Å². The van der Waals surface area contributed by atoms with Crippen LogP contribution in [-0.4, -0.2) is 43.9 Å². The fraction of sp³-hybridized carbons (Fsp3) is 0.500. The lowest BCUT2D eigenvalue weighted by Crippen LogP contribution is -2.49. The molecule has 1 aliphatic rings. The maximum absolute atomic E-state index is 12.6.